The first-order chi connectivity index (χ1) is 16.0. The molecule has 2 amide bonds. The second-order valence-corrected chi connectivity index (χ2v) is 8.74. The predicted molar refractivity (Wildman–Crippen MR) is 127 cm³/mol. The SMILES string of the molecule is O=C(c1ccccc1-c1ccccc1)N1CCOC[C@]2(C1)CN(c1ccc(Cl)cc1)C(=O)O2. The third-order valence-electron chi connectivity index (χ3n) is 5.99. The molecule has 2 saturated heterocycles. The summed E-state index contributed by atoms with van der Waals surface area (Å²) in [4.78, 5) is 29.7. The van der Waals surface area contributed by atoms with Crippen LogP contribution in [0.1, 0.15) is 10.4 Å². The van der Waals surface area contributed by atoms with Crippen LogP contribution in [0.15, 0.2) is 78.9 Å². The van der Waals surface area contributed by atoms with Crippen LogP contribution in [0.5, 0.6) is 0 Å². The first kappa shape index (κ1) is 21.5. The number of rotatable bonds is 3. The lowest BCUT2D eigenvalue weighted by Crippen LogP contribution is -2.49. The van der Waals surface area contributed by atoms with E-state index in [4.69, 9.17) is 21.1 Å². The molecule has 7 heteroatoms. The van der Waals surface area contributed by atoms with Crippen molar-refractivity contribution in [1.82, 2.24) is 4.90 Å². The summed E-state index contributed by atoms with van der Waals surface area (Å²) in [5, 5.41) is 0.590. The van der Waals surface area contributed by atoms with Gasteiger partial charge in [0.1, 0.15) is 0 Å². The van der Waals surface area contributed by atoms with E-state index >= 15 is 0 Å². The Hall–Kier alpha value is -3.35. The molecule has 33 heavy (non-hydrogen) atoms. The maximum Gasteiger partial charge on any atom is 0.415 e. The fraction of sp³-hybridized carbons (Fsp3) is 0.231. The molecule has 168 valence electrons. The van der Waals surface area contributed by atoms with Crippen LogP contribution in [0.2, 0.25) is 5.02 Å². The Morgan fingerprint density at radius 2 is 1.64 bits per heavy atom. The zero-order valence-electron chi connectivity index (χ0n) is 17.9. The van der Waals surface area contributed by atoms with Gasteiger partial charge in [0, 0.05) is 22.8 Å². The average molecular weight is 463 g/mol. The molecule has 2 fully saturated rings. The van der Waals surface area contributed by atoms with E-state index in [0.717, 1.165) is 11.1 Å². The van der Waals surface area contributed by atoms with E-state index in [1.165, 1.54) is 0 Å². The fourth-order valence-corrected chi connectivity index (χ4v) is 4.51. The maximum atomic E-state index is 13.7. The Labute approximate surface area is 197 Å². The van der Waals surface area contributed by atoms with Crippen LogP contribution >= 0.6 is 11.6 Å². The minimum absolute atomic E-state index is 0.111. The summed E-state index contributed by atoms with van der Waals surface area (Å²) >= 11 is 5.99. The highest BCUT2D eigenvalue weighted by Gasteiger charge is 2.49. The summed E-state index contributed by atoms with van der Waals surface area (Å²) in [7, 11) is 0. The molecular weight excluding hydrogens is 440 g/mol. The number of benzene rings is 3. The lowest BCUT2D eigenvalue weighted by atomic mass is 9.98. The Bertz CT molecular complexity index is 1170. The van der Waals surface area contributed by atoms with Gasteiger partial charge in [-0.15, -0.1) is 0 Å². The highest BCUT2D eigenvalue weighted by atomic mass is 35.5. The van der Waals surface area contributed by atoms with E-state index in [1.54, 1.807) is 34.1 Å². The van der Waals surface area contributed by atoms with Crippen LogP contribution in [0, 0.1) is 0 Å². The number of halogens is 1. The zero-order chi connectivity index (χ0) is 22.8. The number of carbonyl (C=O) groups excluding carboxylic acids is 2. The van der Waals surface area contributed by atoms with Crippen molar-refractivity contribution >= 4 is 29.3 Å². The highest BCUT2D eigenvalue weighted by molar-refractivity contribution is 6.30. The molecule has 2 heterocycles. The lowest BCUT2D eigenvalue weighted by molar-refractivity contribution is -0.0140. The van der Waals surface area contributed by atoms with E-state index in [9.17, 15) is 9.59 Å². The van der Waals surface area contributed by atoms with Gasteiger partial charge in [-0.2, -0.15) is 0 Å². The van der Waals surface area contributed by atoms with Crippen LogP contribution in [0.3, 0.4) is 0 Å². The van der Waals surface area contributed by atoms with E-state index in [2.05, 4.69) is 0 Å². The molecule has 0 N–H and O–H groups in total. The van der Waals surface area contributed by atoms with Gasteiger partial charge in [0.15, 0.2) is 5.60 Å². The Morgan fingerprint density at radius 3 is 2.42 bits per heavy atom. The number of hydrogen-bond acceptors (Lipinski definition) is 4. The van der Waals surface area contributed by atoms with Gasteiger partial charge in [0.2, 0.25) is 0 Å². The number of anilines is 1. The van der Waals surface area contributed by atoms with Crippen molar-refractivity contribution in [2.75, 3.05) is 37.7 Å². The molecule has 1 spiro atoms. The molecule has 2 aliphatic heterocycles. The first-order valence-electron chi connectivity index (χ1n) is 10.8. The molecular formula is C26H23ClN2O4. The average Bonchev–Trinajstić information content (AvgIpc) is 3.03. The van der Waals surface area contributed by atoms with E-state index < -0.39 is 11.7 Å². The third kappa shape index (κ3) is 4.32. The quantitative estimate of drug-likeness (QED) is 0.557. The minimum Gasteiger partial charge on any atom is -0.436 e. The Morgan fingerprint density at radius 1 is 0.909 bits per heavy atom. The van der Waals surface area contributed by atoms with E-state index in [-0.39, 0.29) is 25.6 Å². The van der Waals surface area contributed by atoms with E-state index in [0.29, 0.717) is 29.4 Å². The summed E-state index contributed by atoms with van der Waals surface area (Å²) in [6.07, 6.45) is -0.458. The van der Waals surface area contributed by atoms with Gasteiger partial charge in [-0.1, -0.05) is 60.1 Å². The fourth-order valence-electron chi connectivity index (χ4n) is 4.39. The molecule has 0 aliphatic carbocycles. The van der Waals surface area contributed by atoms with E-state index in [1.807, 2.05) is 54.6 Å². The van der Waals surface area contributed by atoms with Gasteiger partial charge in [-0.05, 0) is 41.5 Å². The second kappa shape index (κ2) is 8.89. The van der Waals surface area contributed by atoms with Gasteiger partial charge in [-0.25, -0.2) is 4.79 Å². The van der Waals surface area contributed by atoms with Gasteiger partial charge < -0.3 is 14.4 Å². The van der Waals surface area contributed by atoms with Crippen molar-refractivity contribution in [3.8, 4) is 11.1 Å². The standard InChI is InChI=1S/C26H23ClN2O4/c27-20-10-12-21(13-11-20)29-17-26(33-25(29)31)16-28(14-15-32-18-26)24(30)23-9-5-4-8-22(23)19-6-2-1-3-7-19/h1-13H,14-18H2/t26-/m0/s1. The molecule has 3 aromatic rings. The van der Waals surface area contributed by atoms with Gasteiger partial charge >= 0.3 is 6.09 Å². The van der Waals surface area contributed by atoms with Crippen molar-refractivity contribution in [3.63, 3.8) is 0 Å². The van der Waals surface area contributed by atoms with Crippen molar-refractivity contribution in [2.24, 2.45) is 0 Å². The van der Waals surface area contributed by atoms with Crippen molar-refractivity contribution in [3.05, 3.63) is 89.4 Å². The van der Waals surface area contributed by atoms with Crippen LogP contribution in [0.4, 0.5) is 10.5 Å². The van der Waals surface area contributed by atoms with Crippen LogP contribution in [-0.2, 0) is 9.47 Å². The van der Waals surface area contributed by atoms with Crippen LogP contribution in [0.25, 0.3) is 11.1 Å². The summed E-state index contributed by atoms with van der Waals surface area (Å²) in [5.74, 6) is -0.111. The molecule has 6 nitrogen and oxygen atoms in total. The second-order valence-electron chi connectivity index (χ2n) is 8.30. The summed E-state index contributed by atoms with van der Waals surface area (Å²) < 4.78 is 11.6. The predicted octanol–water partition coefficient (Wildman–Crippen LogP) is 4.88. The third-order valence-corrected chi connectivity index (χ3v) is 6.24. The summed E-state index contributed by atoms with van der Waals surface area (Å²) in [5.41, 5.74) is 2.21. The summed E-state index contributed by atoms with van der Waals surface area (Å²) in [6, 6.07) is 24.4. The van der Waals surface area contributed by atoms with Gasteiger partial charge in [0.05, 0.1) is 26.3 Å². The zero-order valence-corrected chi connectivity index (χ0v) is 18.7. The lowest BCUT2D eigenvalue weighted by Gasteiger charge is -2.30. The van der Waals surface area contributed by atoms with Crippen molar-refractivity contribution in [2.45, 2.75) is 5.60 Å². The molecule has 0 unspecified atom stereocenters. The molecule has 3 aromatic carbocycles. The topological polar surface area (TPSA) is 59.1 Å². The molecule has 2 aliphatic rings. The van der Waals surface area contributed by atoms with Crippen molar-refractivity contribution in [1.29, 1.82) is 0 Å². The smallest absolute Gasteiger partial charge is 0.415 e. The monoisotopic (exact) mass is 462 g/mol. The van der Waals surface area contributed by atoms with Crippen molar-refractivity contribution < 1.29 is 19.1 Å². The van der Waals surface area contributed by atoms with Gasteiger partial charge in [0.25, 0.3) is 5.91 Å². The number of hydrogen-bond donors (Lipinski definition) is 0. The van der Waals surface area contributed by atoms with Crippen LogP contribution in [-0.4, -0.2) is 55.3 Å². The highest BCUT2D eigenvalue weighted by Crippen LogP contribution is 2.32. The number of ether oxygens (including phenoxy) is 2. The number of amides is 2. The Balaban J connectivity index is 1.41. The molecule has 0 bridgehead atoms. The molecule has 0 aromatic heterocycles. The molecule has 0 saturated carbocycles. The summed E-state index contributed by atoms with van der Waals surface area (Å²) in [6.45, 7) is 1.57. The number of carbonyl (C=O) groups is 2. The minimum atomic E-state index is -0.940. The Kier molecular flexibility index (Phi) is 5.79. The molecule has 0 radical (unpaired) electrons. The largest absolute Gasteiger partial charge is 0.436 e. The first-order valence-corrected chi connectivity index (χ1v) is 11.2. The maximum absolute atomic E-state index is 13.7. The normalized spacial score (nSPS) is 20.6. The molecule has 1 atom stereocenters. The van der Waals surface area contributed by atoms with Crippen LogP contribution < -0.4 is 4.90 Å². The van der Waals surface area contributed by atoms with Gasteiger partial charge in [-0.3, -0.25) is 9.69 Å². The molecule has 5 rings (SSSR count). The number of nitrogens with zero attached hydrogens (tertiary/aromatic N) is 2.